The molecular formula is C78H152O17P2. The highest BCUT2D eigenvalue weighted by molar-refractivity contribution is 7.47. The van der Waals surface area contributed by atoms with Gasteiger partial charge in [-0.15, -0.1) is 0 Å². The molecule has 3 N–H and O–H groups in total. The van der Waals surface area contributed by atoms with E-state index in [0.29, 0.717) is 31.6 Å². The number of phosphoric ester groups is 2. The first-order chi connectivity index (χ1) is 46.9. The number of hydrogen-bond donors (Lipinski definition) is 3. The van der Waals surface area contributed by atoms with Crippen LogP contribution in [0.2, 0.25) is 0 Å². The molecule has 576 valence electrons. The minimum Gasteiger partial charge on any atom is -0.462 e. The average Bonchev–Trinajstić information content (AvgIpc) is 1.08. The number of aliphatic hydroxyl groups is 1. The normalized spacial score (nSPS) is 14.0. The Morgan fingerprint density at radius 2 is 0.474 bits per heavy atom. The van der Waals surface area contributed by atoms with Crippen LogP contribution in [0.25, 0.3) is 0 Å². The van der Waals surface area contributed by atoms with E-state index in [1.807, 2.05) is 0 Å². The molecule has 17 nitrogen and oxygen atoms in total. The molecule has 2 unspecified atom stereocenters. The quantitative estimate of drug-likeness (QED) is 0.0222. The molecule has 0 aromatic rings. The first-order valence-electron chi connectivity index (χ1n) is 40.5. The largest absolute Gasteiger partial charge is 0.472 e. The lowest BCUT2D eigenvalue weighted by Crippen LogP contribution is -2.30. The Labute approximate surface area is 594 Å². The number of rotatable bonds is 77. The minimum atomic E-state index is -4.96. The maximum absolute atomic E-state index is 13.1. The molecule has 0 aromatic carbocycles. The number of unbranched alkanes of at least 4 members (excludes halogenated alkanes) is 47. The third kappa shape index (κ3) is 72.2. The van der Waals surface area contributed by atoms with Crippen molar-refractivity contribution in [1.29, 1.82) is 0 Å². The SMILES string of the molecule is CCCCCCCCCCCCCCCCCCCCCCCCC(=O)O[C@H](COC(=O)CCCCCCCCCCCCCCCCCCC(C)C)COP(=O)(O)OC[C@@H](O)COP(=O)(O)OC[C@@H](COC(=O)CCCCCCCCC)OC(=O)CCCCCCCCC(C)C. The molecule has 0 saturated heterocycles. The van der Waals surface area contributed by atoms with Gasteiger partial charge in [0.15, 0.2) is 12.2 Å². The molecule has 0 spiro atoms. The number of carbonyl (C=O) groups excluding carboxylic acids is 4. The van der Waals surface area contributed by atoms with Gasteiger partial charge in [0, 0.05) is 25.7 Å². The van der Waals surface area contributed by atoms with Crippen molar-refractivity contribution in [3.8, 4) is 0 Å². The molecule has 0 aromatic heterocycles. The molecule has 0 saturated carbocycles. The fourth-order valence-corrected chi connectivity index (χ4v) is 13.6. The van der Waals surface area contributed by atoms with Crippen LogP contribution in [0.5, 0.6) is 0 Å². The standard InChI is InChI=1S/C78H152O17P2/c1-7-9-11-13-15-16-17-18-19-20-21-22-23-24-25-30-33-36-39-43-50-56-62-77(82)94-73(67-89-76(81)61-55-49-42-38-35-32-29-27-26-28-31-34-37-41-46-52-58-70(3)4)68-92-96(84,85)90-64-72(79)65-91-97(86,87)93-69-74(66-88-75(80)60-54-48-40-14-12-10-8-2)95-78(83)63-57-51-45-44-47-53-59-71(5)6/h70-74,79H,7-69H2,1-6H3,(H,84,85)(H,86,87)/t72-,73-,74-/m1/s1. The molecule has 0 radical (unpaired) electrons. The van der Waals surface area contributed by atoms with Crippen LogP contribution >= 0.6 is 15.6 Å². The van der Waals surface area contributed by atoms with Gasteiger partial charge in [0.2, 0.25) is 0 Å². The fraction of sp³-hybridized carbons (Fsp3) is 0.949. The van der Waals surface area contributed by atoms with E-state index in [0.717, 1.165) is 109 Å². The van der Waals surface area contributed by atoms with E-state index >= 15 is 0 Å². The van der Waals surface area contributed by atoms with Crippen molar-refractivity contribution in [1.82, 2.24) is 0 Å². The summed E-state index contributed by atoms with van der Waals surface area (Å²) in [6.07, 6.45) is 58.9. The van der Waals surface area contributed by atoms with E-state index in [9.17, 15) is 43.2 Å². The van der Waals surface area contributed by atoms with E-state index < -0.39 is 97.5 Å². The summed E-state index contributed by atoms with van der Waals surface area (Å²) in [6.45, 7) is 9.49. The number of phosphoric acid groups is 2. The van der Waals surface area contributed by atoms with Gasteiger partial charge in [0.05, 0.1) is 26.4 Å². The van der Waals surface area contributed by atoms with Crippen LogP contribution in [0.1, 0.15) is 408 Å². The maximum Gasteiger partial charge on any atom is 0.472 e. The van der Waals surface area contributed by atoms with E-state index in [4.69, 9.17) is 37.0 Å². The molecule has 0 amide bonds. The lowest BCUT2D eigenvalue weighted by Gasteiger charge is -2.21. The van der Waals surface area contributed by atoms with Crippen LogP contribution < -0.4 is 0 Å². The molecule has 0 fully saturated rings. The monoisotopic (exact) mass is 1420 g/mol. The van der Waals surface area contributed by atoms with Crippen molar-refractivity contribution in [3.63, 3.8) is 0 Å². The molecule has 0 aliphatic rings. The lowest BCUT2D eigenvalue weighted by molar-refractivity contribution is -0.161. The van der Waals surface area contributed by atoms with Gasteiger partial charge in [0.25, 0.3) is 0 Å². The predicted molar refractivity (Wildman–Crippen MR) is 395 cm³/mol. The molecule has 97 heavy (non-hydrogen) atoms. The van der Waals surface area contributed by atoms with Gasteiger partial charge in [0.1, 0.15) is 19.3 Å². The second-order valence-corrected chi connectivity index (χ2v) is 32.0. The van der Waals surface area contributed by atoms with Gasteiger partial charge in [-0.1, -0.05) is 356 Å². The first-order valence-corrected chi connectivity index (χ1v) is 43.5. The molecule has 0 aliphatic heterocycles. The number of carbonyl (C=O) groups is 4. The van der Waals surface area contributed by atoms with Crippen molar-refractivity contribution in [2.75, 3.05) is 39.6 Å². The zero-order valence-corrected chi connectivity index (χ0v) is 65.2. The zero-order valence-electron chi connectivity index (χ0n) is 63.4. The summed E-state index contributed by atoms with van der Waals surface area (Å²) in [5.74, 6) is -0.642. The van der Waals surface area contributed by atoms with E-state index in [1.54, 1.807) is 0 Å². The Bertz CT molecular complexity index is 1870. The van der Waals surface area contributed by atoms with Crippen LogP contribution in [0.4, 0.5) is 0 Å². The summed E-state index contributed by atoms with van der Waals surface area (Å²) >= 11 is 0. The maximum atomic E-state index is 13.1. The molecule has 19 heteroatoms. The van der Waals surface area contributed by atoms with Gasteiger partial charge >= 0.3 is 39.5 Å². The molecule has 0 heterocycles. The van der Waals surface area contributed by atoms with Crippen LogP contribution in [0.3, 0.4) is 0 Å². The highest BCUT2D eigenvalue weighted by Gasteiger charge is 2.30. The first kappa shape index (κ1) is 95.1. The highest BCUT2D eigenvalue weighted by Crippen LogP contribution is 2.45. The summed E-state index contributed by atoms with van der Waals surface area (Å²) in [6, 6.07) is 0. The number of aliphatic hydroxyl groups excluding tert-OH is 1. The number of ether oxygens (including phenoxy) is 4. The van der Waals surface area contributed by atoms with Crippen molar-refractivity contribution in [3.05, 3.63) is 0 Å². The van der Waals surface area contributed by atoms with Crippen molar-refractivity contribution < 1.29 is 80.2 Å². The zero-order chi connectivity index (χ0) is 71.4. The van der Waals surface area contributed by atoms with Gasteiger partial charge in [-0.25, -0.2) is 9.13 Å². The molecule has 0 aliphatic carbocycles. The number of hydrogen-bond acceptors (Lipinski definition) is 15. The Morgan fingerprint density at radius 1 is 0.278 bits per heavy atom. The van der Waals surface area contributed by atoms with Gasteiger partial charge in [-0.2, -0.15) is 0 Å². The lowest BCUT2D eigenvalue weighted by atomic mass is 10.0. The van der Waals surface area contributed by atoms with Crippen LogP contribution in [0, 0.1) is 11.8 Å². The Morgan fingerprint density at radius 3 is 0.701 bits per heavy atom. The molecule has 0 bridgehead atoms. The highest BCUT2D eigenvalue weighted by atomic mass is 31.2. The molecular weight excluding hydrogens is 1270 g/mol. The van der Waals surface area contributed by atoms with Crippen molar-refractivity contribution >= 4 is 39.5 Å². The van der Waals surface area contributed by atoms with Crippen LogP contribution in [-0.2, 0) is 65.4 Å². The Hall–Kier alpha value is -1.94. The predicted octanol–water partition coefficient (Wildman–Crippen LogP) is 23.1. The average molecular weight is 1420 g/mol. The summed E-state index contributed by atoms with van der Waals surface area (Å²) < 4.78 is 68.4. The van der Waals surface area contributed by atoms with Crippen molar-refractivity contribution in [2.24, 2.45) is 11.8 Å². The van der Waals surface area contributed by atoms with Gasteiger partial charge in [-0.3, -0.25) is 37.3 Å². The van der Waals surface area contributed by atoms with Gasteiger partial charge in [-0.05, 0) is 37.5 Å². The summed E-state index contributed by atoms with van der Waals surface area (Å²) in [4.78, 5) is 72.6. The minimum absolute atomic E-state index is 0.102. The Kier molecular flexibility index (Phi) is 68.4. The smallest absolute Gasteiger partial charge is 0.462 e. The second-order valence-electron chi connectivity index (χ2n) is 29.1. The summed E-state index contributed by atoms with van der Waals surface area (Å²) in [7, 11) is -9.90. The molecule has 5 atom stereocenters. The van der Waals surface area contributed by atoms with E-state index in [-0.39, 0.29) is 25.7 Å². The van der Waals surface area contributed by atoms with E-state index in [1.165, 1.54) is 212 Å². The molecule has 0 rings (SSSR count). The topological polar surface area (TPSA) is 237 Å². The van der Waals surface area contributed by atoms with E-state index in [2.05, 4.69) is 41.5 Å². The Balaban J connectivity index is 5.12. The van der Waals surface area contributed by atoms with Gasteiger partial charge < -0.3 is 33.8 Å². The van der Waals surface area contributed by atoms with Crippen molar-refractivity contribution in [2.45, 2.75) is 426 Å². The summed E-state index contributed by atoms with van der Waals surface area (Å²) in [5, 5.41) is 10.6. The third-order valence-electron chi connectivity index (χ3n) is 18.2. The summed E-state index contributed by atoms with van der Waals surface area (Å²) in [5.41, 5.74) is 0. The second kappa shape index (κ2) is 69.8. The van der Waals surface area contributed by atoms with Crippen LogP contribution in [-0.4, -0.2) is 96.7 Å². The third-order valence-corrected chi connectivity index (χ3v) is 20.1. The fourth-order valence-electron chi connectivity index (χ4n) is 12.0. The van der Waals surface area contributed by atoms with Crippen LogP contribution in [0.15, 0.2) is 0 Å². The number of esters is 4.